The topological polar surface area (TPSA) is 108 Å². The van der Waals surface area contributed by atoms with Crippen LogP contribution in [0, 0.1) is 0 Å². The molecule has 0 bridgehead atoms. The first kappa shape index (κ1) is 20.2. The molecule has 168 valence electrons. The van der Waals surface area contributed by atoms with Crippen molar-refractivity contribution in [3.05, 3.63) is 72.9 Å². The number of imidazole rings is 1. The molecule has 0 saturated heterocycles. The van der Waals surface area contributed by atoms with Crippen molar-refractivity contribution in [2.45, 2.75) is 24.9 Å². The molecule has 3 aromatic heterocycles. The SMILES string of the molecule is COC(=O)c1ccc(-c2ncnc3c2ncn3[C@H]2C[C@H](Nc3ncc4ccccc4n3)C2)cc1. The van der Waals surface area contributed by atoms with Crippen molar-refractivity contribution in [2.75, 3.05) is 12.4 Å². The Morgan fingerprint density at radius 2 is 1.85 bits per heavy atom. The van der Waals surface area contributed by atoms with E-state index >= 15 is 0 Å². The fourth-order valence-corrected chi connectivity index (χ4v) is 4.37. The molecule has 0 atom stereocenters. The van der Waals surface area contributed by atoms with Crippen LogP contribution in [0.5, 0.6) is 0 Å². The number of methoxy groups -OCH3 is 1. The summed E-state index contributed by atoms with van der Waals surface area (Å²) < 4.78 is 6.89. The zero-order valence-corrected chi connectivity index (χ0v) is 18.4. The van der Waals surface area contributed by atoms with Crippen LogP contribution < -0.4 is 5.32 Å². The predicted octanol–water partition coefficient (Wildman–Crippen LogP) is 4.04. The smallest absolute Gasteiger partial charge is 0.337 e. The van der Waals surface area contributed by atoms with Crippen molar-refractivity contribution < 1.29 is 9.53 Å². The Bertz CT molecular complexity index is 1510. The summed E-state index contributed by atoms with van der Waals surface area (Å²) in [6.07, 6.45) is 7.09. The van der Waals surface area contributed by atoms with Crippen LogP contribution in [0.25, 0.3) is 33.3 Å². The Morgan fingerprint density at radius 1 is 1.03 bits per heavy atom. The Kier molecular flexibility index (Phi) is 4.87. The summed E-state index contributed by atoms with van der Waals surface area (Å²) in [5, 5.41) is 4.47. The summed E-state index contributed by atoms with van der Waals surface area (Å²) in [5.74, 6) is 0.281. The van der Waals surface area contributed by atoms with Crippen LogP contribution in [-0.4, -0.2) is 48.6 Å². The van der Waals surface area contributed by atoms with E-state index in [1.165, 1.54) is 7.11 Å². The van der Waals surface area contributed by atoms with Crippen molar-refractivity contribution in [1.82, 2.24) is 29.5 Å². The fourth-order valence-electron chi connectivity index (χ4n) is 4.37. The number of nitrogens with zero attached hydrogens (tertiary/aromatic N) is 6. The van der Waals surface area contributed by atoms with Crippen LogP contribution in [0.15, 0.2) is 67.4 Å². The molecular weight excluding hydrogens is 430 g/mol. The quantitative estimate of drug-likeness (QED) is 0.399. The summed E-state index contributed by atoms with van der Waals surface area (Å²) in [6.45, 7) is 0. The van der Waals surface area contributed by atoms with Gasteiger partial charge in [0.05, 0.1) is 24.5 Å². The van der Waals surface area contributed by atoms with Crippen LogP contribution in [0.2, 0.25) is 0 Å². The summed E-state index contributed by atoms with van der Waals surface area (Å²) in [4.78, 5) is 34.3. The lowest BCUT2D eigenvalue weighted by Gasteiger charge is -2.36. The minimum atomic E-state index is -0.370. The number of carbonyl (C=O) groups is 1. The fraction of sp³-hybridized carbons (Fsp3) is 0.200. The van der Waals surface area contributed by atoms with E-state index in [2.05, 4.69) is 34.8 Å². The number of ether oxygens (including phenoxy) is 1. The third-order valence-electron chi connectivity index (χ3n) is 6.27. The summed E-state index contributed by atoms with van der Waals surface area (Å²) >= 11 is 0. The zero-order chi connectivity index (χ0) is 23.1. The van der Waals surface area contributed by atoms with Crippen LogP contribution >= 0.6 is 0 Å². The van der Waals surface area contributed by atoms with Crippen LogP contribution in [0.3, 0.4) is 0 Å². The number of para-hydroxylation sites is 1. The average molecular weight is 451 g/mol. The predicted molar refractivity (Wildman–Crippen MR) is 127 cm³/mol. The second kappa shape index (κ2) is 8.18. The molecule has 1 N–H and O–H groups in total. The lowest BCUT2D eigenvalue weighted by molar-refractivity contribution is 0.0600. The molecule has 1 aliphatic carbocycles. The third-order valence-corrected chi connectivity index (χ3v) is 6.27. The molecule has 5 aromatic rings. The number of hydrogen-bond acceptors (Lipinski definition) is 8. The molecule has 1 aliphatic rings. The van der Waals surface area contributed by atoms with Gasteiger partial charge in [-0.2, -0.15) is 0 Å². The van der Waals surface area contributed by atoms with Gasteiger partial charge in [-0.15, -0.1) is 0 Å². The first-order chi connectivity index (χ1) is 16.7. The van der Waals surface area contributed by atoms with E-state index in [-0.39, 0.29) is 18.1 Å². The number of anilines is 1. The Labute approximate surface area is 194 Å². The summed E-state index contributed by atoms with van der Waals surface area (Å²) in [7, 11) is 1.37. The van der Waals surface area contributed by atoms with Gasteiger partial charge >= 0.3 is 5.97 Å². The van der Waals surface area contributed by atoms with E-state index in [0.717, 1.165) is 46.2 Å². The van der Waals surface area contributed by atoms with Crippen LogP contribution in [-0.2, 0) is 4.74 Å². The maximum absolute atomic E-state index is 11.7. The number of fused-ring (bicyclic) bond motifs is 2. The van der Waals surface area contributed by atoms with Gasteiger partial charge in [0, 0.05) is 29.2 Å². The van der Waals surface area contributed by atoms with Crippen molar-refractivity contribution in [2.24, 2.45) is 0 Å². The number of nitrogens with one attached hydrogen (secondary N) is 1. The first-order valence-corrected chi connectivity index (χ1v) is 11.0. The Balaban J connectivity index is 1.19. The van der Waals surface area contributed by atoms with Gasteiger partial charge in [-0.3, -0.25) is 0 Å². The standard InChI is InChI=1S/C25H21N7O2/c1-34-24(33)16-8-6-15(7-9-16)21-22-23(28-13-27-21)32(14-29-22)19-10-18(11-19)30-25-26-12-17-4-2-3-5-20(17)31-25/h2-9,12-14,18-19H,10-11H2,1H3,(H,26,30,31)/t18-,19-. The molecule has 0 unspecified atom stereocenters. The molecule has 9 nitrogen and oxygen atoms in total. The van der Waals surface area contributed by atoms with Crippen molar-refractivity contribution in [3.8, 4) is 11.3 Å². The average Bonchev–Trinajstić information content (AvgIpc) is 3.29. The molecule has 34 heavy (non-hydrogen) atoms. The van der Waals surface area contributed by atoms with E-state index in [9.17, 15) is 4.79 Å². The second-order valence-electron chi connectivity index (χ2n) is 8.33. The summed E-state index contributed by atoms with van der Waals surface area (Å²) in [6, 6.07) is 15.7. The lowest BCUT2D eigenvalue weighted by atomic mass is 9.86. The lowest BCUT2D eigenvalue weighted by Crippen LogP contribution is -2.37. The molecule has 0 spiro atoms. The normalized spacial score (nSPS) is 17.4. The van der Waals surface area contributed by atoms with E-state index < -0.39 is 0 Å². The molecule has 1 fully saturated rings. The molecule has 9 heteroatoms. The second-order valence-corrected chi connectivity index (χ2v) is 8.33. The van der Waals surface area contributed by atoms with Gasteiger partial charge in [-0.25, -0.2) is 29.7 Å². The van der Waals surface area contributed by atoms with Gasteiger partial charge in [0.15, 0.2) is 5.65 Å². The molecule has 0 aliphatic heterocycles. The number of carbonyl (C=O) groups excluding carboxylic acids is 1. The van der Waals surface area contributed by atoms with Gasteiger partial charge in [0.1, 0.15) is 17.5 Å². The highest BCUT2D eigenvalue weighted by molar-refractivity contribution is 5.91. The third kappa shape index (κ3) is 3.51. The molecule has 0 radical (unpaired) electrons. The highest BCUT2D eigenvalue weighted by Gasteiger charge is 2.32. The minimum absolute atomic E-state index is 0.285. The van der Waals surface area contributed by atoms with Gasteiger partial charge in [0.25, 0.3) is 0 Å². The highest BCUT2D eigenvalue weighted by Crippen LogP contribution is 2.36. The monoisotopic (exact) mass is 451 g/mol. The van der Waals surface area contributed by atoms with Crippen molar-refractivity contribution in [3.63, 3.8) is 0 Å². The van der Waals surface area contributed by atoms with Crippen LogP contribution in [0.4, 0.5) is 5.95 Å². The highest BCUT2D eigenvalue weighted by atomic mass is 16.5. The van der Waals surface area contributed by atoms with Crippen molar-refractivity contribution >= 4 is 34.0 Å². The number of hydrogen-bond donors (Lipinski definition) is 1. The maximum Gasteiger partial charge on any atom is 0.337 e. The summed E-state index contributed by atoms with van der Waals surface area (Å²) in [5.41, 5.74) is 4.56. The van der Waals surface area contributed by atoms with Crippen LogP contribution in [0.1, 0.15) is 29.2 Å². The molecule has 2 aromatic carbocycles. The molecule has 1 saturated carbocycles. The molecule has 0 amide bonds. The first-order valence-electron chi connectivity index (χ1n) is 11.0. The largest absolute Gasteiger partial charge is 0.465 e. The van der Waals surface area contributed by atoms with E-state index in [1.54, 1.807) is 18.5 Å². The number of esters is 1. The zero-order valence-electron chi connectivity index (χ0n) is 18.4. The Morgan fingerprint density at radius 3 is 2.68 bits per heavy atom. The van der Waals surface area contributed by atoms with E-state index in [1.807, 2.05) is 48.9 Å². The number of rotatable bonds is 5. The van der Waals surface area contributed by atoms with Gasteiger partial charge in [0.2, 0.25) is 5.95 Å². The maximum atomic E-state index is 11.7. The minimum Gasteiger partial charge on any atom is -0.465 e. The molecule has 6 rings (SSSR count). The van der Waals surface area contributed by atoms with E-state index in [0.29, 0.717) is 11.5 Å². The van der Waals surface area contributed by atoms with Gasteiger partial charge in [-0.1, -0.05) is 30.3 Å². The van der Waals surface area contributed by atoms with Crippen molar-refractivity contribution in [1.29, 1.82) is 0 Å². The molecule has 3 heterocycles. The molecular formula is C25H21N7O2. The Hall–Kier alpha value is -4.40. The van der Waals surface area contributed by atoms with Gasteiger partial charge in [-0.05, 0) is 31.0 Å². The van der Waals surface area contributed by atoms with E-state index in [4.69, 9.17) is 4.74 Å². The van der Waals surface area contributed by atoms with Gasteiger partial charge < -0.3 is 14.6 Å². The number of aromatic nitrogens is 6. The number of benzene rings is 2.